The number of pyridine rings is 2. The molecule has 0 saturated heterocycles. The van der Waals surface area contributed by atoms with Crippen molar-refractivity contribution in [3.63, 3.8) is 0 Å². The number of hydrogen-bond donors (Lipinski definition) is 1. The highest BCUT2D eigenvalue weighted by atomic mass is 16.5. The van der Waals surface area contributed by atoms with E-state index in [9.17, 15) is 14.7 Å². The minimum Gasteiger partial charge on any atom is -0.508 e. The molecule has 0 bridgehead atoms. The van der Waals surface area contributed by atoms with Crippen molar-refractivity contribution in [1.29, 1.82) is 0 Å². The van der Waals surface area contributed by atoms with Crippen LogP contribution in [-0.2, 0) is 29.1 Å². The summed E-state index contributed by atoms with van der Waals surface area (Å²) in [6.45, 7) is 8.30. The van der Waals surface area contributed by atoms with Crippen molar-refractivity contribution in [2.24, 2.45) is 0 Å². The van der Waals surface area contributed by atoms with Crippen molar-refractivity contribution in [2.45, 2.75) is 53.2 Å². The largest absolute Gasteiger partial charge is 0.508 e. The van der Waals surface area contributed by atoms with Crippen LogP contribution in [0.25, 0.3) is 22.3 Å². The predicted molar refractivity (Wildman–Crippen MR) is 111 cm³/mol. The zero-order valence-corrected chi connectivity index (χ0v) is 17.1. The maximum atomic E-state index is 13.1. The van der Waals surface area contributed by atoms with Crippen LogP contribution >= 0.6 is 0 Å². The van der Waals surface area contributed by atoms with Crippen molar-refractivity contribution in [3.05, 3.63) is 56.9 Å². The fourth-order valence-electron chi connectivity index (χ4n) is 4.29. The molecule has 6 nitrogen and oxygen atoms in total. The highest BCUT2D eigenvalue weighted by Gasteiger charge is 2.33. The zero-order valence-electron chi connectivity index (χ0n) is 17.1. The number of fused-ring (bicyclic) bond motifs is 5. The molecule has 0 saturated carbocycles. The number of phenols is 1. The first kappa shape index (κ1) is 19.2. The van der Waals surface area contributed by atoms with Crippen molar-refractivity contribution >= 4 is 16.9 Å². The van der Waals surface area contributed by atoms with Gasteiger partial charge < -0.3 is 14.4 Å². The normalized spacial score (nSPS) is 16.4. The van der Waals surface area contributed by atoms with E-state index in [0.29, 0.717) is 12.1 Å². The van der Waals surface area contributed by atoms with Gasteiger partial charge in [-0.2, -0.15) is 0 Å². The molecular formula is C23H24N2O4. The lowest BCUT2D eigenvalue weighted by Gasteiger charge is -2.22. The van der Waals surface area contributed by atoms with Crippen LogP contribution in [0, 0.1) is 0 Å². The van der Waals surface area contributed by atoms with Crippen LogP contribution in [-0.4, -0.2) is 20.6 Å². The molecule has 1 aromatic carbocycles. The van der Waals surface area contributed by atoms with Crippen LogP contribution in [0.5, 0.6) is 5.75 Å². The zero-order chi connectivity index (χ0) is 20.9. The molecule has 0 unspecified atom stereocenters. The molecule has 5 rings (SSSR count). The number of aryl methyl sites for hydroxylation is 1. The van der Waals surface area contributed by atoms with Gasteiger partial charge in [-0.05, 0) is 48.7 Å². The quantitative estimate of drug-likeness (QED) is 0.497. The van der Waals surface area contributed by atoms with Crippen LogP contribution < -0.4 is 5.56 Å². The number of benzene rings is 1. The Morgan fingerprint density at radius 1 is 1.21 bits per heavy atom. The summed E-state index contributed by atoms with van der Waals surface area (Å²) in [6, 6.07) is 7.07. The number of aromatic nitrogens is 2. The summed E-state index contributed by atoms with van der Waals surface area (Å²) in [4.78, 5) is 29.8. The predicted octanol–water partition coefficient (Wildman–Crippen LogP) is 3.88. The minimum absolute atomic E-state index is 0.0257. The Labute approximate surface area is 168 Å². The minimum atomic E-state index is -0.459. The summed E-state index contributed by atoms with van der Waals surface area (Å²) in [7, 11) is 0. The molecule has 6 heteroatoms. The van der Waals surface area contributed by atoms with E-state index in [1.807, 2.05) is 19.9 Å². The van der Waals surface area contributed by atoms with Gasteiger partial charge in [-0.15, -0.1) is 0 Å². The molecule has 0 spiro atoms. The number of esters is 1. The van der Waals surface area contributed by atoms with Crippen molar-refractivity contribution < 1.29 is 14.6 Å². The number of hydrogen-bond acceptors (Lipinski definition) is 5. The van der Waals surface area contributed by atoms with Crippen molar-refractivity contribution in [3.8, 4) is 17.1 Å². The lowest BCUT2D eigenvalue weighted by Crippen LogP contribution is -2.31. The van der Waals surface area contributed by atoms with Crippen LogP contribution in [0.15, 0.2) is 29.1 Å². The van der Waals surface area contributed by atoms with E-state index in [-0.39, 0.29) is 23.9 Å². The Balaban J connectivity index is 0.000000994. The highest BCUT2D eigenvalue weighted by Crippen LogP contribution is 2.38. The number of phenolic OH excluding ortho intramolecular Hbond substituents is 1. The highest BCUT2D eigenvalue weighted by molar-refractivity contribution is 5.89. The number of ether oxygens (including phenoxy) is 1. The second-order valence-corrected chi connectivity index (χ2v) is 7.16. The van der Waals surface area contributed by atoms with E-state index in [4.69, 9.17) is 9.72 Å². The molecule has 150 valence electrons. The van der Waals surface area contributed by atoms with Gasteiger partial charge in [0.2, 0.25) is 0 Å². The van der Waals surface area contributed by atoms with Gasteiger partial charge in [0.1, 0.15) is 12.4 Å². The Morgan fingerprint density at radius 2 is 1.97 bits per heavy atom. The number of aromatic hydroxyl groups is 1. The lowest BCUT2D eigenvalue weighted by atomic mass is 9.93. The summed E-state index contributed by atoms with van der Waals surface area (Å²) < 4.78 is 6.88. The maximum Gasteiger partial charge on any atom is 0.313 e. The molecule has 0 radical (unpaired) electrons. The average Bonchev–Trinajstić information content (AvgIpc) is 3.09. The van der Waals surface area contributed by atoms with Crippen LogP contribution in [0.2, 0.25) is 0 Å². The fourth-order valence-corrected chi connectivity index (χ4v) is 4.29. The standard InChI is InChI=1S/C21H18N2O4.C2H6/c1-3-12-14-6-11(24)4-5-17(14)22-19-15(12)8-23-18(19)7-13-10(2)21(26)27-9-16(13)20(23)25;1-2/h4-7,10,24H,3,8-9H2,1-2H3;1-2H3/t10-;/m0./s1. The molecule has 0 fully saturated rings. The maximum absolute atomic E-state index is 13.1. The second-order valence-electron chi connectivity index (χ2n) is 7.16. The number of rotatable bonds is 1. The summed E-state index contributed by atoms with van der Waals surface area (Å²) in [5.41, 5.74) is 5.60. The third kappa shape index (κ3) is 2.74. The molecular weight excluding hydrogens is 368 g/mol. The van der Waals surface area contributed by atoms with E-state index in [2.05, 4.69) is 6.92 Å². The Bertz CT molecular complexity index is 1210. The molecule has 1 N–H and O–H groups in total. The Hall–Kier alpha value is -3.15. The summed E-state index contributed by atoms with van der Waals surface area (Å²) >= 11 is 0. The lowest BCUT2D eigenvalue weighted by molar-refractivity contribution is -0.147. The van der Waals surface area contributed by atoms with Gasteiger partial charge in [0.15, 0.2) is 0 Å². The first-order valence-corrected chi connectivity index (χ1v) is 10.1. The Morgan fingerprint density at radius 3 is 2.69 bits per heavy atom. The molecule has 29 heavy (non-hydrogen) atoms. The molecule has 2 aliphatic heterocycles. The van der Waals surface area contributed by atoms with Gasteiger partial charge >= 0.3 is 5.97 Å². The van der Waals surface area contributed by atoms with Crippen molar-refractivity contribution in [2.75, 3.05) is 0 Å². The van der Waals surface area contributed by atoms with Crippen molar-refractivity contribution in [1.82, 2.24) is 9.55 Å². The smallest absolute Gasteiger partial charge is 0.313 e. The van der Waals surface area contributed by atoms with Gasteiger partial charge in [-0.1, -0.05) is 20.8 Å². The van der Waals surface area contributed by atoms with Crippen LogP contribution in [0.1, 0.15) is 55.9 Å². The first-order chi connectivity index (χ1) is 14.0. The van der Waals surface area contributed by atoms with E-state index < -0.39 is 5.92 Å². The second kappa shape index (κ2) is 7.03. The SMILES string of the molecule is CC.CCc1c2c(nc3ccc(O)cc13)-c1cc3c(c(=O)n1C2)COC(=O)[C@H]3C. The molecule has 4 heterocycles. The van der Waals surface area contributed by atoms with Gasteiger partial charge in [0.05, 0.1) is 34.9 Å². The average molecular weight is 392 g/mol. The molecule has 2 aliphatic rings. The van der Waals surface area contributed by atoms with Gasteiger partial charge in [-0.25, -0.2) is 4.98 Å². The van der Waals surface area contributed by atoms with Crippen LogP contribution in [0.4, 0.5) is 0 Å². The summed E-state index contributed by atoms with van der Waals surface area (Å²) in [5.74, 6) is -0.563. The van der Waals surface area contributed by atoms with E-state index in [1.54, 1.807) is 29.7 Å². The van der Waals surface area contributed by atoms with Gasteiger partial charge in [0.25, 0.3) is 5.56 Å². The van der Waals surface area contributed by atoms with Crippen LogP contribution in [0.3, 0.4) is 0 Å². The summed E-state index contributed by atoms with van der Waals surface area (Å²) in [5, 5.41) is 10.8. The third-order valence-electron chi connectivity index (χ3n) is 5.71. The molecule has 2 aromatic heterocycles. The monoisotopic (exact) mass is 392 g/mol. The Kier molecular flexibility index (Phi) is 4.65. The molecule has 0 amide bonds. The topological polar surface area (TPSA) is 81.4 Å². The third-order valence-corrected chi connectivity index (χ3v) is 5.71. The molecule has 3 aromatic rings. The van der Waals surface area contributed by atoms with E-state index in [1.165, 1.54) is 0 Å². The number of nitrogens with zero attached hydrogens (tertiary/aromatic N) is 2. The number of carbonyl (C=O) groups excluding carboxylic acids is 1. The van der Waals surface area contributed by atoms with E-state index in [0.717, 1.165) is 45.4 Å². The number of cyclic esters (lactones) is 1. The molecule has 0 aliphatic carbocycles. The first-order valence-electron chi connectivity index (χ1n) is 10.1. The fraction of sp³-hybridized carbons (Fsp3) is 0.348. The van der Waals surface area contributed by atoms with Gasteiger partial charge in [-0.3, -0.25) is 9.59 Å². The van der Waals surface area contributed by atoms with E-state index >= 15 is 0 Å². The summed E-state index contributed by atoms with van der Waals surface area (Å²) in [6.07, 6.45) is 0.769. The van der Waals surface area contributed by atoms with Gasteiger partial charge in [0, 0.05) is 10.9 Å². The number of carbonyl (C=O) groups is 1. The molecule has 1 atom stereocenters.